The number of rotatable bonds is 2. The molecule has 1 heterocycles. The van der Waals surface area contributed by atoms with Crippen molar-refractivity contribution in [3.05, 3.63) is 35.0 Å². The zero-order valence-electron chi connectivity index (χ0n) is 9.73. The summed E-state index contributed by atoms with van der Waals surface area (Å²) in [5, 5.41) is 9.10. The maximum absolute atomic E-state index is 12.9. The van der Waals surface area contributed by atoms with E-state index in [0.717, 1.165) is 5.56 Å². The van der Waals surface area contributed by atoms with Crippen molar-refractivity contribution in [2.45, 2.75) is 25.9 Å². The molecule has 94 valence electrons. The number of para-hydroxylation sites is 1. The normalized spacial score (nSPS) is 11.7. The van der Waals surface area contributed by atoms with Gasteiger partial charge >= 0.3 is 6.18 Å². The molecule has 0 saturated carbocycles. The van der Waals surface area contributed by atoms with E-state index in [1.807, 2.05) is 6.07 Å². The van der Waals surface area contributed by atoms with Gasteiger partial charge in [0.1, 0.15) is 5.69 Å². The molecule has 0 saturated heterocycles. The number of nitriles is 1. The highest BCUT2D eigenvalue weighted by molar-refractivity contribution is 5.87. The zero-order valence-corrected chi connectivity index (χ0v) is 9.73. The highest BCUT2D eigenvalue weighted by Gasteiger charge is 2.36. The fraction of sp³-hybridized carbons (Fsp3) is 0.308. The third-order valence-electron chi connectivity index (χ3n) is 2.92. The highest BCUT2D eigenvalue weighted by atomic mass is 19.4. The Morgan fingerprint density at radius 1 is 1.33 bits per heavy atom. The summed E-state index contributed by atoms with van der Waals surface area (Å²) in [5.41, 5.74) is 0.712. The van der Waals surface area contributed by atoms with Crippen LogP contribution in [0.4, 0.5) is 13.2 Å². The van der Waals surface area contributed by atoms with Crippen LogP contribution >= 0.6 is 0 Å². The van der Waals surface area contributed by atoms with Crippen LogP contribution in [0.5, 0.6) is 0 Å². The highest BCUT2D eigenvalue weighted by Crippen LogP contribution is 2.36. The molecule has 0 spiro atoms. The molecule has 1 N–H and O–H groups in total. The molecule has 1 aromatic carbocycles. The minimum Gasteiger partial charge on any atom is -0.351 e. The fourth-order valence-corrected chi connectivity index (χ4v) is 2.10. The van der Waals surface area contributed by atoms with Gasteiger partial charge in [-0.05, 0) is 24.5 Å². The molecule has 0 aliphatic rings. The van der Waals surface area contributed by atoms with E-state index in [2.05, 4.69) is 4.98 Å². The maximum Gasteiger partial charge on any atom is 0.431 e. The van der Waals surface area contributed by atoms with Gasteiger partial charge in [-0.3, -0.25) is 0 Å². The molecule has 18 heavy (non-hydrogen) atoms. The number of aromatic amines is 1. The fourth-order valence-electron chi connectivity index (χ4n) is 2.10. The Hall–Kier alpha value is -1.96. The molecule has 0 bridgehead atoms. The molecule has 0 unspecified atom stereocenters. The second-order valence-corrected chi connectivity index (χ2v) is 4.13. The minimum absolute atomic E-state index is 0.0734. The Labute approximate surface area is 102 Å². The van der Waals surface area contributed by atoms with Crippen molar-refractivity contribution in [1.82, 2.24) is 4.98 Å². The number of hydrogen-bond acceptors (Lipinski definition) is 1. The van der Waals surface area contributed by atoms with Crippen LogP contribution < -0.4 is 0 Å². The van der Waals surface area contributed by atoms with Gasteiger partial charge in [0.15, 0.2) is 0 Å². The van der Waals surface area contributed by atoms with Gasteiger partial charge in [-0.2, -0.15) is 18.4 Å². The molecule has 2 aromatic rings. The smallest absolute Gasteiger partial charge is 0.351 e. The van der Waals surface area contributed by atoms with E-state index in [0.29, 0.717) is 10.9 Å². The van der Waals surface area contributed by atoms with Crippen LogP contribution in [-0.4, -0.2) is 4.98 Å². The number of nitrogens with zero attached hydrogens (tertiary/aromatic N) is 1. The summed E-state index contributed by atoms with van der Waals surface area (Å²) >= 11 is 0. The van der Waals surface area contributed by atoms with Crippen molar-refractivity contribution in [2.75, 3.05) is 0 Å². The topological polar surface area (TPSA) is 39.6 Å². The Morgan fingerprint density at radius 3 is 2.67 bits per heavy atom. The molecule has 1 aromatic heterocycles. The van der Waals surface area contributed by atoms with Gasteiger partial charge in [0.05, 0.1) is 6.07 Å². The van der Waals surface area contributed by atoms with E-state index in [9.17, 15) is 13.2 Å². The van der Waals surface area contributed by atoms with Crippen LogP contribution in [-0.2, 0) is 12.6 Å². The Balaban J connectivity index is 2.69. The summed E-state index contributed by atoms with van der Waals surface area (Å²) in [7, 11) is 0. The summed E-state index contributed by atoms with van der Waals surface area (Å²) in [6.45, 7) is 1.76. The standard InChI is InChI=1S/C13H11F3N2/c1-8-4-2-5-9-10(6-3-7-17)12(13(14,15)16)18-11(8)9/h2,4-5,18H,3,6H2,1H3. The molecule has 0 aliphatic heterocycles. The van der Waals surface area contributed by atoms with E-state index in [1.54, 1.807) is 25.1 Å². The largest absolute Gasteiger partial charge is 0.431 e. The van der Waals surface area contributed by atoms with Gasteiger partial charge in [0.2, 0.25) is 0 Å². The number of hydrogen-bond donors (Lipinski definition) is 1. The quantitative estimate of drug-likeness (QED) is 0.863. The number of fused-ring (bicyclic) bond motifs is 1. The second kappa shape index (κ2) is 4.37. The van der Waals surface area contributed by atoms with E-state index < -0.39 is 11.9 Å². The summed E-state index contributed by atoms with van der Waals surface area (Å²) in [6, 6.07) is 7.02. The molecule has 2 nitrogen and oxygen atoms in total. The first-order valence-electron chi connectivity index (χ1n) is 5.49. The summed E-state index contributed by atoms with van der Waals surface area (Å²) in [5.74, 6) is 0. The van der Waals surface area contributed by atoms with Crippen molar-refractivity contribution in [3.63, 3.8) is 0 Å². The number of aryl methyl sites for hydroxylation is 2. The molecule has 0 aliphatic carbocycles. The number of aromatic nitrogens is 1. The van der Waals surface area contributed by atoms with Crippen molar-refractivity contribution in [2.24, 2.45) is 0 Å². The average molecular weight is 252 g/mol. The first kappa shape index (κ1) is 12.5. The molecule has 0 amide bonds. The van der Waals surface area contributed by atoms with Crippen molar-refractivity contribution in [1.29, 1.82) is 5.26 Å². The van der Waals surface area contributed by atoms with E-state index >= 15 is 0 Å². The molecular formula is C13H11F3N2. The third kappa shape index (κ3) is 2.06. The summed E-state index contributed by atoms with van der Waals surface area (Å²) in [4.78, 5) is 2.45. The Bertz CT molecular complexity index is 617. The van der Waals surface area contributed by atoms with Crippen LogP contribution in [0, 0.1) is 18.3 Å². The average Bonchev–Trinajstić information content (AvgIpc) is 2.66. The zero-order chi connectivity index (χ0) is 13.3. The Morgan fingerprint density at radius 2 is 2.06 bits per heavy atom. The molecule has 0 radical (unpaired) electrons. The van der Waals surface area contributed by atoms with Crippen LogP contribution in [0.3, 0.4) is 0 Å². The first-order chi connectivity index (χ1) is 8.45. The van der Waals surface area contributed by atoms with Gasteiger partial charge in [-0.1, -0.05) is 18.2 Å². The van der Waals surface area contributed by atoms with Crippen molar-refractivity contribution in [3.8, 4) is 6.07 Å². The van der Waals surface area contributed by atoms with E-state index in [-0.39, 0.29) is 18.4 Å². The van der Waals surface area contributed by atoms with E-state index in [4.69, 9.17) is 5.26 Å². The molecular weight excluding hydrogens is 241 g/mol. The summed E-state index contributed by atoms with van der Waals surface area (Å²) < 4.78 is 38.8. The number of benzene rings is 1. The minimum atomic E-state index is -4.42. The van der Waals surface area contributed by atoms with Gasteiger partial charge < -0.3 is 4.98 Å². The van der Waals surface area contributed by atoms with Crippen molar-refractivity contribution >= 4 is 10.9 Å². The van der Waals surface area contributed by atoms with E-state index in [1.165, 1.54) is 0 Å². The predicted octanol–water partition coefficient (Wildman–Crippen LogP) is 3.95. The van der Waals surface area contributed by atoms with Crippen LogP contribution in [0.1, 0.15) is 23.2 Å². The molecule has 2 rings (SSSR count). The van der Waals surface area contributed by atoms with Crippen LogP contribution in [0.2, 0.25) is 0 Å². The van der Waals surface area contributed by atoms with Gasteiger partial charge in [0.25, 0.3) is 0 Å². The molecule has 0 fully saturated rings. The number of H-pyrrole nitrogens is 1. The molecule has 5 heteroatoms. The number of halogens is 3. The lowest BCUT2D eigenvalue weighted by Crippen LogP contribution is -2.08. The Kier molecular flexibility index (Phi) is 3.04. The number of alkyl halides is 3. The summed E-state index contributed by atoms with van der Waals surface area (Å²) in [6.07, 6.45) is -4.24. The van der Waals surface area contributed by atoms with Gasteiger partial charge in [-0.25, -0.2) is 0 Å². The first-order valence-corrected chi connectivity index (χ1v) is 5.49. The number of nitrogens with one attached hydrogen (secondary N) is 1. The predicted molar refractivity (Wildman–Crippen MR) is 62.0 cm³/mol. The molecule has 0 atom stereocenters. The van der Waals surface area contributed by atoms with Crippen LogP contribution in [0.15, 0.2) is 18.2 Å². The lowest BCUT2D eigenvalue weighted by molar-refractivity contribution is -0.141. The van der Waals surface area contributed by atoms with Gasteiger partial charge in [-0.15, -0.1) is 0 Å². The van der Waals surface area contributed by atoms with Crippen molar-refractivity contribution < 1.29 is 13.2 Å². The second-order valence-electron chi connectivity index (χ2n) is 4.13. The monoisotopic (exact) mass is 252 g/mol. The SMILES string of the molecule is Cc1cccc2c(CCC#N)c(C(F)(F)F)[nH]c12. The third-order valence-corrected chi connectivity index (χ3v) is 2.92. The lowest BCUT2D eigenvalue weighted by Gasteiger charge is -2.06. The lowest BCUT2D eigenvalue weighted by atomic mass is 10.0. The maximum atomic E-state index is 12.9. The van der Waals surface area contributed by atoms with Crippen LogP contribution in [0.25, 0.3) is 10.9 Å². The van der Waals surface area contributed by atoms with Gasteiger partial charge in [0, 0.05) is 17.3 Å².